The zero-order valence-electron chi connectivity index (χ0n) is 16.8. The van der Waals surface area contributed by atoms with Crippen LogP contribution in [0.4, 0.5) is 0 Å². The molecule has 0 unspecified atom stereocenters. The van der Waals surface area contributed by atoms with Gasteiger partial charge in [-0.25, -0.2) is 9.59 Å². The molecule has 0 spiro atoms. The van der Waals surface area contributed by atoms with E-state index in [0.717, 1.165) is 12.2 Å². The highest BCUT2D eigenvalue weighted by Gasteiger charge is 2.28. The highest BCUT2D eigenvalue weighted by atomic mass is 16.5. The molecule has 0 aliphatic carbocycles. The zero-order valence-corrected chi connectivity index (χ0v) is 16.8. The van der Waals surface area contributed by atoms with Gasteiger partial charge in [-0.15, -0.1) is 0 Å². The molecule has 2 fully saturated rings. The van der Waals surface area contributed by atoms with Gasteiger partial charge >= 0.3 is 11.9 Å². The Morgan fingerprint density at radius 3 is 1.30 bits per heavy atom. The number of nitrogens with zero attached hydrogens (tertiary/aromatic N) is 2. The minimum atomic E-state index is -0.689. The maximum absolute atomic E-state index is 11.6. The second kappa shape index (κ2) is 11.8. The third kappa shape index (κ3) is 7.41. The van der Waals surface area contributed by atoms with Crippen LogP contribution in [0.5, 0.6) is 0 Å². The minimum absolute atomic E-state index is 0.113. The van der Waals surface area contributed by atoms with E-state index in [9.17, 15) is 28.8 Å². The van der Waals surface area contributed by atoms with Crippen molar-refractivity contribution >= 4 is 35.6 Å². The predicted molar refractivity (Wildman–Crippen MR) is 101 cm³/mol. The highest BCUT2D eigenvalue weighted by Crippen LogP contribution is 2.13. The molecule has 0 saturated carbocycles. The predicted octanol–water partition coefficient (Wildman–Crippen LogP) is 0.487. The van der Waals surface area contributed by atoms with Crippen LogP contribution >= 0.6 is 0 Å². The number of rotatable bonds is 12. The summed E-state index contributed by atoms with van der Waals surface area (Å²) in [5.74, 6) is -2.06. The highest BCUT2D eigenvalue weighted by molar-refractivity contribution is 6.02. The van der Waals surface area contributed by atoms with Crippen LogP contribution in [-0.2, 0) is 38.2 Å². The van der Waals surface area contributed by atoms with Gasteiger partial charge in [0.2, 0.25) is 23.6 Å². The van der Waals surface area contributed by atoms with E-state index in [1.807, 2.05) is 0 Å². The smallest absolute Gasteiger partial charge is 0.331 e. The molecular formula is C20H26N2O8. The number of unbranched alkanes of at least 4 members (excludes halogenated alkanes) is 2. The fraction of sp³-hybridized carbons (Fsp3) is 0.600. The first kappa shape index (κ1) is 23.2. The fourth-order valence-electron chi connectivity index (χ4n) is 3.07. The van der Waals surface area contributed by atoms with Crippen molar-refractivity contribution in [1.82, 2.24) is 9.80 Å². The SMILES string of the molecule is O=C(/C=C/C(=O)OCCCCN1C(=O)CCC1=O)OCCCCN1C(=O)CCC1=O. The van der Waals surface area contributed by atoms with Crippen LogP contribution in [0.25, 0.3) is 0 Å². The molecule has 0 N–H and O–H groups in total. The number of imide groups is 2. The lowest BCUT2D eigenvalue weighted by Gasteiger charge is -2.13. The number of likely N-dealkylation sites (tertiary alicyclic amines) is 2. The quantitative estimate of drug-likeness (QED) is 0.192. The van der Waals surface area contributed by atoms with E-state index < -0.39 is 11.9 Å². The molecule has 10 heteroatoms. The molecule has 30 heavy (non-hydrogen) atoms. The van der Waals surface area contributed by atoms with Gasteiger partial charge < -0.3 is 9.47 Å². The van der Waals surface area contributed by atoms with E-state index in [2.05, 4.69) is 0 Å². The van der Waals surface area contributed by atoms with Crippen molar-refractivity contribution in [2.24, 2.45) is 0 Å². The summed E-state index contributed by atoms with van der Waals surface area (Å²) < 4.78 is 9.88. The number of carbonyl (C=O) groups excluding carboxylic acids is 6. The van der Waals surface area contributed by atoms with Crippen molar-refractivity contribution in [3.05, 3.63) is 12.2 Å². The van der Waals surface area contributed by atoms with Gasteiger partial charge in [-0.1, -0.05) is 0 Å². The fourth-order valence-corrected chi connectivity index (χ4v) is 3.07. The molecule has 164 valence electrons. The van der Waals surface area contributed by atoms with Gasteiger partial charge in [-0.2, -0.15) is 0 Å². The van der Waals surface area contributed by atoms with E-state index in [1.165, 1.54) is 9.80 Å². The van der Waals surface area contributed by atoms with Crippen molar-refractivity contribution in [3.8, 4) is 0 Å². The lowest BCUT2D eigenvalue weighted by atomic mass is 10.3. The number of esters is 2. The van der Waals surface area contributed by atoms with Gasteiger partial charge in [0, 0.05) is 50.9 Å². The molecule has 2 saturated heterocycles. The Labute approximate surface area is 174 Å². The van der Waals surface area contributed by atoms with Crippen molar-refractivity contribution in [2.75, 3.05) is 26.3 Å². The Morgan fingerprint density at radius 2 is 0.967 bits per heavy atom. The van der Waals surface area contributed by atoms with Crippen LogP contribution in [0.3, 0.4) is 0 Å². The molecular weight excluding hydrogens is 396 g/mol. The third-order valence-corrected chi connectivity index (χ3v) is 4.71. The molecule has 2 rings (SSSR count). The van der Waals surface area contributed by atoms with Gasteiger partial charge in [0.05, 0.1) is 13.2 Å². The first-order valence-electron chi connectivity index (χ1n) is 10.1. The molecule has 4 amide bonds. The number of ether oxygens (including phenoxy) is 2. The van der Waals surface area contributed by atoms with Gasteiger partial charge in [-0.3, -0.25) is 29.0 Å². The molecule has 0 aromatic heterocycles. The normalized spacial score (nSPS) is 16.8. The number of carbonyl (C=O) groups is 6. The molecule has 0 radical (unpaired) electrons. The van der Waals surface area contributed by atoms with Crippen molar-refractivity contribution < 1.29 is 38.2 Å². The van der Waals surface area contributed by atoms with Crippen molar-refractivity contribution in [3.63, 3.8) is 0 Å². The van der Waals surface area contributed by atoms with E-state index in [1.54, 1.807) is 0 Å². The first-order valence-corrected chi connectivity index (χ1v) is 10.1. The summed E-state index contributed by atoms with van der Waals surface area (Å²) in [4.78, 5) is 71.3. The maximum atomic E-state index is 11.6. The van der Waals surface area contributed by atoms with Gasteiger partial charge in [0.15, 0.2) is 0 Å². The Kier molecular flexibility index (Phi) is 9.17. The van der Waals surface area contributed by atoms with Gasteiger partial charge in [-0.05, 0) is 25.7 Å². The van der Waals surface area contributed by atoms with Crippen LogP contribution in [0.2, 0.25) is 0 Å². The summed E-state index contributed by atoms with van der Waals surface area (Å²) >= 11 is 0. The van der Waals surface area contributed by atoms with E-state index in [4.69, 9.17) is 9.47 Å². The van der Waals surface area contributed by atoms with Crippen LogP contribution in [0, 0.1) is 0 Å². The molecule has 2 heterocycles. The lowest BCUT2D eigenvalue weighted by Crippen LogP contribution is -2.30. The van der Waals surface area contributed by atoms with Crippen molar-refractivity contribution in [1.29, 1.82) is 0 Å². The van der Waals surface area contributed by atoms with E-state index >= 15 is 0 Å². The van der Waals surface area contributed by atoms with Crippen LogP contribution in [0.15, 0.2) is 12.2 Å². The molecule has 2 aliphatic rings. The average Bonchev–Trinajstić information content (AvgIpc) is 3.21. The zero-order chi connectivity index (χ0) is 21.9. The summed E-state index contributed by atoms with van der Waals surface area (Å²) in [6, 6.07) is 0. The summed E-state index contributed by atoms with van der Waals surface area (Å²) in [7, 11) is 0. The van der Waals surface area contributed by atoms with Crippen molar-refractivity contribution in [2.45, 2.75) is 51.4 Å². The number of amides is 4. The molecule has 0 bridgehead atoms. The van der Waals surface area contributed by atoms with E-state index in [0.29, 0.717) is 38.8 Å². The minimum Gasteiger partial charge on any atom is -0.463 e. The summed E-state index contributed by atoms with van der Waals surface area (Å²) in [5, 5.41) is 0. The molecule has 0 aromatic carbocycles. The molecule has 10 nitrogen and oxygen atoms in total. The number of hydrogen-bond donors (Lipinski definition) is 0. The number of hydrogen-bond acceptors (Lipinski definition) is 8. The Bertz CT molecular complexity index is 638. The topological polar surface area (TPSA) is 127 Å². The summed E-state index contributed by atoms with van der Waals surface area (Å²) in [5.41, 5.74) is 0. The van der Waals surface area contributed by atoms with Gasteiger partial charge in [0.1, 0.15) is 0 Å². The summed E-state index contributed by atoms with van der Waals surface area (Å²) in [6.07, 6.45) is 5.01. The third-order valence-electron chi connectivity index (χ3n) is 4.71. The monoisotopic (exact) mass is 422 g/mol. The molecule has 2 aliphatic heterocycles. The van der Waals surface area contributed by atoms with Crippen LogP contribution in [0.1, 0.15) is 51.4 Å². The second-order valence-corrected chi connectivity index (χ2v) is 6.96. The van der Waals surface area contributed by atoms with Crippen LogP contribution in [-0.4, -0.2) is 71.7 Å². The second-order valence-electron chi connectivity index (χ2n) is 6.96. The molecule has 0 atom stereocenters. The maximum Gasteiger partial charge on any atom is 0.331 e. The Balaban J connectivity index is 1.48. The standard InChI is InChI=1S/C20H26N2O8/c23-15-5-6-16(24)21(15)11-1-3-13-29-19(27)9-10-20(28)30-14-4-2-12-22-17(25)7-8-18(22)26/h9-10H,1-8,11-14H2/b10-9+. The largest absolute Gasteiger partial charge is 0.463 e. The first-order chi connectivity index (χ1) is 14.4. The Morgan fingerprint density at radius 1 is 0.633 bits per heavy atom. The average molecular weight is 422 g/mol. The van der Waals surface area contributed by atoms with E-state index in [-0.39, 0.29) is 62.5 Å². The van der Waals surface area contributed by atoms with Gasteiger partial charge in [0.25, 0.3) is 0 Å². The summed E-state index contributed by atoms with van der Waals surface area (Å²) in [6.45, 7) is 0.861. The molecule has 0 aromatic rings. The lowest BCUT2D eigenvalue weighted by molar-refractivity contribution is -0.141. The Hall–Kier alpha value is -3.04. The van der Waals surface area contributed by atoms with Crippen LogP contribution < -0.4 is 0 Å².